The van der Waals surface area contributed by atoms with Crippen LogP contribution in [-0.2, 0) is 35.5 Å². The summed E-state index contributed by atoms with van der Waals surface area (Å²) in [5, 5.41) is 1.02. The molecule has 4 aromatic rings. The predicted molar refractivity (Wildman–Crippen MR) is 160 cm³/mol. The average molecular weight is 530 g/mol. The van der Waals surface area contributed by atoms with Crippen molar-refractivity contribution in [2.24, 2.45) is 11.7 Å². The standard InChI is InChI=1S/C30H31NO4.2C2H6/c1-2-33-30(32)16-25-9-8-21(12-20-6-7-20)14-29(25)35-19-26-18-34-28-11-10-24(15-27(26)28)23-5-3-4-22(13-23)17-31;2*1-2/h3-5,8-11,13-15,18,20H,2,6-7,12,16-17,19,31H2,1H3;2*1-2H3. The van der Waals surface area contributed by atoms with Crippen LogP contribution in [0.1, 0.15) is 69.7 Å². The van der Waals surface area contributed by atoms with E-state index < -0.39 is 0 Å². The summed E-state index contributed by atoms with van der Waals surface area (Å²) >= 11 is 0. The van der Waals surface area contributed by atoms with Crippen molar-refractivity contribution in [3.63, 3.8) is 0 Å². The number of esters is 1. The van der Waals surface area contributed by atoms with Gasteiger partial charge in [-0.15, -0.1) is 0 Å². The monoisotopic (exact) mass is 529 g/mol. The van der Waals surface area contributed by atoms with Crippen LogP contribution in [0, 0.1) is 5.92 Å². The molecule has 0 aliphatic heterocycles. The van der Waals surface area contributed by atoms with Crippen LogP contribution in [0.3, 0.4) is 0 Å². The van der Waals surface area contributed by atoms with Crippen molar-refractivity contribution in [2.45, 2.75) is 73.5 Å². The molecule has 3 aromatic carbocycles. The van der Waals surface area contributed by atoms with Gasteiger partial charge in [-0.2, -0.15) is 0 Å². The maximum Gasteiger partial charge on any atom is 0.310 e. The average Bonchev–Trinajstić information content (AvgIpc) is 3.71. The Bertz CT molecular complexity index is 1340. The van der Waals surface area contributed by atoms with E-state index in [9.17, 15) is 4.79 Å². The summed E-state index contributed by atoms with van der Waals surface area (Å²) in [5.41, 5.74) is 13.0. The fourth-order valence-corrected chi connectivity index (χ4v) is 4.44. The minimum absolute atomic E-state index is 0.195. The van der Waals surface area contributed by atoms with Crippen molar-refractivity contribution in [3.8, 4) is 16.9 Å². The number of carbonyl (C=O) groups is 1. The highest BCUT2D eigenvalue weighted by atomic mass is 16.5. The van der Waals surface area contributed by atoms with E-state index in [0.717, 1.165) is 56.9 Å². The van der Waals surface area contributed by atoms with Gasteiger partial charge in [-0.05, 0) is 78.6 Å². The second-order valence-electron chi connectivity index (χ2n) is 9.24. The molecule has 0 saturated heterocycles. The molecule has 1 fully saturated rings. The van der Waals surface area contributed by atoms with Gasteiger partial charge in [0.2, 0.25) is 0 Å². The van der Waals surface area contributed by atoms with E-state index in [1.807, 2.05) is 58.9 Å². The lowest BCUT2D eigenvalue weighted by molar-refractivity contribution is -0.142. The number of hydrogen-bond donors (Lipinski definition) is 1. The number of rotatable bonds is 10. The molecule has 1 heterocycles. The van der Waals surface area contributed by atoms with Crippen molar-refractivity contribution < 1.29 is 18.7 Å². The van der Waals surface area contributed by atoms with Gasteiger partial charge in [0.25, 0.3) is 0 Å². The molecule has 0 spiro atoms. The lowest BCUT2D eigenvalue weighted by Gasteiger charge is -2.13. The molecule has 0 bridgehead atoms. The Labute approximate surface area is 233 Å². The number of fused-ring (bicyclic) bond motifs is 1. The van der Waals surface area contributed by atoms with Crippen molar-refractivity contribution in [1.29, 1.82) is 0 Å². The molecule has 5 heteroatoms. The highest BCUT2D eigenvalue weighted by Gasteiger charge is 2.22. The van der Waals surface area contributed by atoms with E-state index in [-0.39, 0.29) is 12.4 Å². The minimum atomic E-state index is -0.245. The molecule has 1 aliphatic rings. The fourth-order valence-electron chi connectivity index (χ4n) is 4.44. The summed E-state index contributed by atoms with van der Waals surface area (Å²) in [7, 11) is 0. The normalized spacial score (nSPS) is 12.2. The number of benzene rings is 3. The number of ether oxygens (including phenoxy) is 2. The van der Waals surface area contributed by atoms with Gasteiger partial charge in [0.15, 0.2) is 0 Å². The molecular formula is C34H43NO4. The van der Waals surface area contributed by atoms with Crippen molar-refractivity contribution in [2.75, 3.05) is 6.61 Å². The van der Waals surface area contributed by atoms with E-state index >= 15 is 0 Å². The van der Waals surface area contributed by atoms with E-state index in [4.69, 9.17) is 19.6 Å². The molecule has 5 rings (SSSR count). The van der Waals surface area contributed by atoms with Crippen LogP contribution in [0.25, 0.3) is 22.1 Å². The third-order valence-electron chi connectivity index (χ3n) is 6.53. The highest BCUT2D eigenvalue weighted by molar-refractivity contribution is 5.86. The van der Waals surface area contributed by atoms with Gasteiger partial charge in [0.05, 0.1) is 19.3 Å². The second kappa shape index (κ2) is 15.1. The molecule has 1 aromatic heterocycles. The molecule has 0 atom stereocenters. The van der Waals surface area contributed by atoms with Gasteiger partial charge in [0, 0.05) is 23.1 Å². The van der Waals surface area contributed by atoms with Gasteiger partial charge in [-0.1, -0.05) is 64.1 Å². The minimum Gasteiger partial charge on any atom is -0.488 e. The van der Waals surface area contributed by atoms with Crippen molar-refractivity contribution >= 4 is 16.9 Å². The summed E-state index contributed by atoms with van der Waals surface area (Å²) in [6.45, 7) is 11.0. The Kier molecular flexibility index (Phi) is 11.6. The molecule has 39 heavy (non-hydrogen) atoms. The maximum absolute atomic E-state index is 12.2. The quantitative estimate of drug-likeness (QED) is 0.209. The third kappa shape index (κ3) is 8.21. The SMILES string of the molecule is CC.CC.CCOC(=O)Cc1ccc(CC2CC2)cc1OCc1coc2ccc(-c3cccc(CN)c3)cc12. The molecule has 0 unspecified atom stereocenters. The van der Waals surface area contributed by atoms with Gasteiger partial charge in [0.1, 0.15) is 17.9 Å². The molecule has 208 valence electrons. The second-order valence-corrected chi connectivity index (χ2v) is 9.24. The number of furan rings is 1. The van der Waals surface area contributed by atoms with Crippen LogP contribution in [-0.4, -0.2) is 12.6 Å². The molecule has 1 saturated carbocycles. The first-order valence-corrected chi connectivity index (χ1v) is 14.3. The zero-order chi connectivity index (χ0) is 28.2. The third-order valence-corrected chi connectivity index (χ3v) is 6.53. The zero-order valence-electron chi connectivity index (χ0n) is 24.1. The van der Waals surface area contributed by atoms with Crippen LogP contribution >= 0.6 is 0 Å². The van der Waals surface area contributed by atoms with E-state index in [0.29, 0.717) is 19.8 Å². The molecule has 1 aliphatic carbocycles. The first-order valence-electron chi connectivity index (χ1n) is 14.3. The first kappa shape index (κ1) is 30.0. The first-order chi connectivity index (χ1) is 19.1. The highest BCUT2D eigenvalue weighted by Crippen LogP contribution is 2.35. The molecular weight excluding hydrogens is 486 g/mol. The lowest BCUT2D eigenvalue weighted by atomic mass is 10.0. The molecule has 0 radical (unpaired) electrons. The number of hydrogen-bond acceptors (Lipinski definition) is 5. The number of nitrogens with two attached hydrogens (primary N) is 1. The Morgan fingerprint density at radius 1 is 0.923 bits per heavy atom. The molecule has 2 N–H and O–H groups in total. The summed E-state index contributed by atoms with van der Waals surface area (Å²) in [6, 6.07) is 20.6. The largest absolute Gasteiger partial charge is 0.488 e. The Morgan fingerprint density at radius 2 is 1.69 bits per heavy atom. The van der Waals surface area contributed by atoms with Crippen LogP contribution in [0.5, 0.6) is 5.75 Å². The Hall–Kier alpha value is -3.57. The topological polar surface area (TPSA) is 74.7 Å². The van der Waals surface area contributed by atoms with Crippen LogP contribution in [0.4, 0.5) is 0 Å². The van der Waals surface area contributed by atoms with Crippen LogP contribution < -0.4 is 10.5 Å². The lowest BCUT2D eigenvalue weighted by Crippen LogP contribution is -2.09. The molecule has 0 amide bonds. The van der Waals surface area contributed by atoms with Gasteiger partial charge < -0.3 is 19.6 Å². The van der Waals surface area contributed by atoms with E-state index in [1.165, 1.54) is 18.4 Å². The van der Waals surface area contributed by atoms with Crippen molar-refractivity contribution in [3.05, 3.63) is 89.2 Å². The van der Waals surface area contributed by atoms with E-state index in [1.54, 1.807) is 6.26 Å². The zero-order valence-corrected chi connectivity index (χ0v) is 24.1. The Morgan fingerprint density at radius 3 is 2.41 bits per heavy atom. The Balaban J connectivity index is 0.00000100. The van der Waals surface area contributed by atoms with Gasteiger partial charge >= 0.3 is 5.97 Å². The van der Waals surface area contributed by atoms with E-state index in [2.05, 4.69) is 36.4 Å². The van der Waals surface area contributed by atoms with Gasteiger partial charge in [-0.25, -0.2) is 0 Å². The van der Waals surface area contributed by atoms with Crippen molar-refractivity contribution in [1.82, 2.24) is 0 Å². The summed E-state index contributed by atoms with van der Waals surface area (Å²) in [5.74, 6) is 1.26. The smallest absolute Gasteiger partial charge is 0.310 e. The maximum atomic E-state index is 12.2. The summed E-state index contributed by atoms with van der Waals surface area (Å²) in [4.78, 5) is 12.2. The summed E-state index contributed by atoms with van der Waals surface area (Å²) < 4.78 is 17.3. The summed E-state index contributed by atoms with van der Waals surface area (Å²) in [6.07, 6.45) is 5.58. The fraction of sp³-hybridized carbons (Fsp3) is 0.382. The molecule has 5 nitrogen and oxygen atoms in total. The van der Waals surface area contributed by atoms with Crippen LogP contribution in [0.2, 0.25) is 0 Å². The predicted octanol–water partition coefficient (Wildman–Crippen LogP) is 8.25. The van der Waals surface area contributed by atoms with Gasteiger partial charge in [-0.3, -0.25) is 4.79 Å². The number of carbonyl (C=O) groups excluding carboxylic acids is 1. The van der Waals surface area contributed by atoms with Crippen LogP contribution in [0.15, 0.2) is 71.3 Å².